The van der Waals surface area contributed by atoms with Gasteiger partial charge in [0.2, 0.25) is 5.91 Å². The maximum absolute atomic E-state index is 11.9. The van der Waals surface area contributed by atoms with Gasteiger partial charge in [0.15, 0.2) is 0 Å². The van der Waals surface area contributed by atoms with E-state index < -0.39 is 0 Å². The summed E-state index contributed by atoms with van der Waals surface area (Å²) in [5.41, 5.74) is 0.834. The Morgan fingerprint density at radius 3 is 2.79 bits per heavy atom. The van der Waals surface area contributed by atoms with Gasteiger partial charge in [-0.15, -0.1) is 0 Å². The van der Waals surface area contributed by atoms with E-state index in [-0.39, 0.29) is 5.91 Å². The van der Waals surface area contributed by atoms with E-state index in [0.29, 0.717) is 32.1 Å². The van der Waals surface area contributed by atoms with Gasteiger partial charge in [-0.05, 0) is 18.2 Å². The predicted molar refractivity (Wildman–Crippen MR) is 72.6 cm³/mol. The molecule has 1 aliphatic heterocycles. The van der Waals surface area contributed by atoms with Crippen molar-refractivity contribution in [3.8, 4) is 0 Å². The fourth-order valence-corrected chi connectivity index (χ4v) is 2.13. The highest BCUT2D eigenvalue weighted by molar-refractivity contribution is 5.92. The third kappa shape index (κ3) is 2.69. The van der Waals surface area contributed by atoms with Crippen molar-refractivity contribution < 1.29 is 13.9 Å². The number of ether oxygens (including phenoxy) is 1. The third-order valence-electron chi connectivity index (χ3n) is 3.16. The highest BCUT2D eigenvalue weighted by Crippen LogP contribution is 2.19. The summed E-state index contributed by atoms with van der Waals surface area (Å²) in [7, 11) is 0. The molecule has 0 bridgehead atoms. The van der Waals surface area contributed by atoms with Crippen LogP contribution in [-0.2, 0) is 9.53 Å². The number of morpholine rings is 1. The standard InChI is InChI=1S/C15H15NO3/c17-15(16-7-9-18-10-8-16)6-5-13-11-12-3-1-2-4-14(12)19-13/h1-6,11H,7-10H2/b6-5+. The average molecular weight is 257 g/mol. The van der Waals surface area contributed by atoms with Crippen molar-refractivity contribution in [3.05, 3.63) is 42.2 Å². The van der Waals surface area contributed by atoms with Crippen LogP contribution in [0, 0.1) is 0 Å². The van der Waals surface area contributed by atoms with Crippen molar-refractivity contribution in [3.63, 3.8) is 0 Å². The van der Waals surface area contributed by atoms with Gasteiger partial charge in [0.1, 0.15) is 11.3 Å². The van der Waals surface area contributed by atoms with Gasteiger partial charge in [-0.3, -0.25) is 4.79 Å². The predicted octanol–water partition coefficient (Wildman–Crippen LogP) is 2.30. The van der Waals surface area contributed by atoms with Crippen molar-refractivity contribution in [2.75, 3.05) is 26.3 Å². The van der Waals surface area contributed by atoms with Gasteiger partial charge >= 0.3 is 0 Å². The van der Waals surface area contributed by atoms with Gasteiger partial charge in [0.05, 0.1) is 13.2 Å². The molecule has 0 unspecified atom stereocenters. The van der Waals surface area contributed by atoms with E-state index in [2.05, 4.69) is 0 Å². The lowest BCUT2D eigenvalue weighted by atomic mass is 10.2. The number of furan rings is 1. The Kier molecular flexibility index (Phi) is 3.33. The first-order valence-electron chi connectivity index (χ1n) is 6.36. The highest BCUT2D eigenvalue weighted by Gasteiger charge is 2.14. The molecular weight excluding hydrogens is 242 g/mol. The Morgan fingerprint density at radius 1 is 1.21 bits per heavy atom. The second-order valence-electron chi connectivity index (χ2n) is 4.46. The van der Waals surface area contributed by atoms with Crippen molar-refractivity contribution >= 4 is 23.0 Å². The van der Waals surface area contributed by atoms with Crippen LogP contribution in [0.15, 0.2) is 40.8 Å². The van der Waals surface area contributed by atoms with Crippen LogP contribution in [0.5, 0.6) is 0 Å². The zero-order chi connectivity index (χ0) is 13.1. The molecule has 0 atom stereocenters. The second kappa shape index (κ2) is 5.28. The molecule has 19 heavy (non-hydrogen) atoms. The van der Waals surface area contributed by atoms with Crippen molar-refractivity contribution in [2.24, 2.45) is 0 Å². The lowest BCUT2D eigenvalue weighted by molar-refractivity contribution is -0.129. The topological polar surface area (TPSA) is 42.7 Å². The maximum Gasteiger partial charge on any atom is 0.246 e. The molecule has 0 aliphatic carbocycles. The summed E-state index contributed by atoms with van der Waals surface area (Å²) in [5, 5.41) is 1.04. The molecule has 0 spiro atoms. The molecule has 0 N–H and O–H groups in total. The van der Waals surface area contributed by atoms with Crippen molar-refractivity contribution in [1.82, 2.24) is 4.90 Å². The number of hydrogen-bond acceptors (Lipinski definition) is 3. The number of fused-ring (bicyclic) bond motifs is 1. The van der Waals surface area contributed by atoms with Crippen LogP contribution in [-0.4, -0.2) is 37.1 Å². The molecule has 1 fully saturated rings. The van der Waals surface area contributed by atoms with Crippen LogP contribution in [0.4, 0.5) is 0 Å². The molecule has 1 saturated heterocycles. The van der Waals surface area contributed by atoms with Crippen LogP contribution in [0.25, 0.3) is 17.0 Å². The first kappa shape index (κ1) is 12.0. The number of carbonyl (C=O) groups is 1. The van der Waals surface area contributed by atoms with E-state index in [1.807, 2.05) is 30.3 Å². The monoisotopic (exact) mass is 257 g/mol. The normalized spacial score (nSPS) is 16.3. The van der Waals surface area contributed by atoms with E-state index in [0.717, 1.165) is 11.0 Å². The lowest BCUT2D eigenvalue weighted by Crippen LogP contribution is -2.39. The van der Waals surface area contributed by atoms with E-state index in [4.69, 9.17) is 9.15 Å². The van der Waals surface area contributed by atoms with Crippen LogP contribution in [0.1, 0.15) is 5.76 Å². The second-order valence-corrected chi connectivity index (χ2v) is 4.46. The van der Waals surface area contributed by atoms with Crippen LogP contribution < -0.4 is 0 Å². The Balaban J connectivity index is 1.72. The number of nitrogens with zero attached hydrogens (tertiary/aromatic N) is 1. The number of para-hydroxylation sites is 1. The Bertz CT molecular complexity index is 576. The fourth-order valence-electron chi connectivity index (χ4n) is 2.13. The molecule has 2 heterocycles. The molecular formula is C15H15NO3. The summed E-state index contributed by atoms with van der Waals surface area (Å²) < 4.78 is 10.8. The maximum atomic E-state index is 11.9. The van der Waals surface area contributed by atoms with Gasteiger partial charge in [-0.25, -0.2) is 0 Å². The van der Waals surface area contributed by atoms with Crippen molar-refractivity contribution in [2.45, 2.75) is 0 Å². The number of hydrogen-bond donors (Lipinski definition) is 0. The third-order valence-corrected chi connectivity index (χ3v) is 3.16. The van der Waals surface area contributed by atoms with Crippen molar-refractivity contribution in [1.29, 1.82) is 0 Å². The van der Waals surface area contributed by atoms with Crippen LogP contribution in [0.3, 0.4) is 0 Å². The van der Waals surface area contributed by atoms with E-state index in [1.165, 1.54) is 0 Å². The zero-order valence-corrected chi connectivity index (χ0v) is 10.5. The molecule has 0 saturated carbocycles. The summed E-state index contributed by atoms with van der Waals surface area (Å²) in [6, 6.07) is 9.72. The SMILES string of the molecule is O=C(/C=C/c1cc2ccccc2o1)N1CCOCC1. The molecule has 1 aromatic heterocycles. The Morgan fingerprint density at radius 2 is 2.00 bits per heavy atom. The van der Waals surface area contributed by atoms with E-state index >= 15 is 0 Å². The van der Waals surface area contributed by atoms with Crippen LogP contribution >= 0.6 is 0 Å². The first-order chi connectivity index (χ1) is 9.33. The minimum Gasteiger partial charge on any atom is -0.457 e. The van der Waals surface area contributed by atoms with Gasteiger partial charge in [-0.2, -0.15) is 0 Å². The quantitative estimate of drug-likeness (QED) is 0.775. The number of rotatable bonds is 2. The summed E-state index contributed by atoms with van der Waals surface area (Å²) in [5.74, 6) is 0.701. The molecule has 4 nitrogen and oxygen atoms in total. The molecule has 4 heteroatoms. The van der Waals surface area contributed by atoms with Gasteiger partial charge < -0.3 is 14.1 Å². The molecule has 1 aliphatic rings. The zero-order valence-electron chi connectivity index (χ0n) is 10.5. The molecule has 1 amide bonds. The lowest BCUT2D eigenvalue weighted by Gasteiger charge is -2.25. The highest BCUT2D eigenvalue weighted by atomic mass is 16.5. The fraction of sp³-hybridized carbons (Fsp3) is 0.267. The molecule has 0 radical (unpaired) electrons. The molecule has 1 aromatic carbocycles. The molecule has 3 rings (SSSR count). The summed E-state index contributed by atoms with van der Waals surface area (Å²) >= 11 is 0. The smallest absolute Gasteiger partial charge is 0.246 e. The summed E-state index contributed by atoms with van der Waals surface area (Å²) in [6.45, 7) is 2.54. The Labute approximate surface area is 111 Å². The minimum absolute atomic E-state index is 0.00348. The molecule has 2 aromatic rings. The average Bonchev–Trinajstić information content (AvgIpc) is 2.88. The summed E-state index contributed by atoms with van der Waals surface area (Å²) in [4.78, 5) is 13.7. The number of benzene rings is 1. The van der Waals surface area contributed by atoms with Crippen LogP contribution in [0.2, 0.25) is 0 Å². The molecule has 98 valence electrons. The minimum atomic E-state index is 0.00348. The largest absolute Gasteiger partial charge is 0.457 e. The van der Waals surface area contributed by atoms with Gasteiger partial charge in [0.25, 0.3) is 0 Å². The number of amides is 1. The number of carbonyl (C=O) groups excluding carboxylic acids is 1. The first-order valence-corrected chi connectivity index (χ1v) is 6.36. The summed E-state index contributed by atoms with van der Waals surface area (Å²) in [6.07, 6.45) is 3.28. The van der Waals surface area contributed by atoms with E-state index in [1.54, 1.807) is 17.1 Å². The van der Waals surface area contributed by atoms with E-state index in [9.17, 15) is 4.79 Å². The Hall–Kier alpha value is -2.07. The van der Waals surface area contributed by atoms with Gasteiger partial charge in [0, 0.05) is 24.6 Å². The van der Waals surface area contributed by atoms with Gasteiger partial charge in [-0.1, -0.05) is 18.2 Å².